The fraction of sp³-hybridized carbons (Fsp3) is 0.471. The van der Waals surface area contributed by atoms with Gasteiger partial charge in [-0.15, -0.1) is 10.2 Å². The van der Waals surface area contributed by atoms with Crippen LogP contribution < -0.4 is 5.32 Å². The first-order valence-corrected chi connectivity index (χ1v) is 8.23. The van der Waals surface area contributed by atoms with Gasteiger partial charge >= 0.3 is 6.03 Å². The van der Waals surface area contributed by atoms with Gasteiger partial charge in [0.1, 0.15) is 5.82 Å². The molecule has 2 aliphatic rings. The number of hydrogen-bond acceptors (Lipinski definition) is 3. The van der Waals surface area contributed by atoms with Gasteiger partial charge in [-0.25, -0.2) is 4.79 Å². The second kappa shape index (κ2) is 5.68. The molecule has 0 unspecified atom stereocenters. The summed E-state index contributed by atoms with van der Waals surface area (Å²) in [5.41, 5.74) is 2.59. The number of amides is 2. The van der Waals surface area contributed by atoms with Crippen molar-refractivity contribution >= 4 is 6.03 Å². The third kappa shape index (κ3) is 2.58. The van der Waals surface area contributed by atoms with Gasteiger partial charge in [-0.05, 0) is 30.4 Å². The lowest BCUT2D eigenvalue weighted by Crippen LogP contribution is -2.39. The van der Waals surface area contributed by atoms with Crippen LogP contribution in [0, 0.1) is 0 Å². The maximum Gasteiger partial charge on any atom is 0.318 e. The first-order valence-electron chi connectivity index (χ1n) is 8.23. The molecule has 1 aliphatic carbocycles. The van der Waals surface area contributed by atoms with Gasteiger partial charge < -0.3 is 14.8 Å². The monoisotopic (exact) mass is 311 g/mol. The van der Waals surface area contributed by atoms with Crippen molar-refractivity contribution in [3.8, 4) is 0 Å². The molecule has 2 aromatic rings. The number of nitrogens with zero attached hydrogens (tertiary/aromatic N) is 4. The van der Waals surface area contributed by atoms with E-state index in [0.717, 1.165) is 43.9 Å². The van der Waals surface area contributed by atoms with E-state index >= 15 is 0 Å². The van der Waals surface area contributed by atoms with Gasteiger partial charge in [0.2, 0.25) is 0 Å². The van der Waals surface area contributed by atoms with Crippen molar-refractivity contribution in [1.29, 1.82) is 0 Å². The summed E-state index contributed by atoms with van der Waals surface area (Å²) in [7, 11) is 1.81. The Bertz CT molecular complexity index is 738. The number of hydrogen-bond donors (Lipinski definition) is 1. The van der Waals surface area contributed by atoms with E-state index in [2.05, 4.69) is 38.3 Å². The molecule has 0 radical (unpaired) electrons. The van der Waals surface area contributed by atoms with Crippen molar-refractivity contribution in [2.75, 3.05) is 7.05 Å². The number of benzene rings is 1. The number of carbonyl (C=O) groups is 1. The molecule has 0 spiro atoms. The summed E-state index contributed by atoms with van der Waals surface area (Å²) in [4.78, 5) is 14.2. The summed E-state index contributed by atoms with van der Waals surface area (Å²) < 4.78 is 2.13. The van der Waals surface area contributed by atoms with Crippen molar-refractivity contribution in [1.82, 2.24) is 25.0 Å². The van der Waals surface area contributed by atoms with Gasteiger partial charge in [0.15, 0.2) is 5.82 Å². The van der Waals surface area contributed by atoms with Crippen LogP contribution in [0.2, 0.25) is 0 Å². The molecule has 4 rings (SSSR count). The number of aromatic nitrogens is 3. The van der Waals surface area contributed by atoms with Crippen LogP contribution in [0.15, 0.2) is 24.3 Å². The molecule has 1 N–H and O–H groups in total. The highest BCUT2D eigenvalue weighted by atomic mass is 16.2. The van der Waals surface area contributed by atoms with Crippen molar-refractivity contribution in [2.45, 2.75) is 44.8 Å². The van der Waals surface area contributed by atoms with E-state index < -0.39 is 0 Å². The Morgan fingerprint density at radius 3 is 3.13 bits per heavy atom. The maximum absolute atomic E-state index is 12.5. The molecule has 2 amide bonds. The number of aryl methyl sites for hydroxylation is 2. The van der Waals surface area contributed by atoms with Crippen LogP contribution in [0.25, 0.3) is 0 Å². The first kappa shape index (κ1) is 14.2. The second-order valence-electron chi connectivity index (χ2n) is 6.38. The van der Waals surface area contributed by atoms with Gasteiger partial charge in [0.05, 0.1) is 12.6 Å². The first-order chi connectivity index (χ1) is 11.2. The lowest BCUT2D eigenvalue weighted by Gasteiger charge is -2.21. The van der Waals surface area contributed by atoms with E-state index in [4.69, 9.17) is 0 Å². The molecule has 0 saturated carbocycles. The zero-order valence-electron chi connectivity index (χ0n) is 13.3. The minimum Gasteiger partial charge on any atom is -0.331 e. The average Bonchev–Trinajstić information content (AvgIpc) is 3.25. The SMILES string of the molecule is CN(Cc1nnc2n1CCC2)C(=O)N[C@@H]1CCc2ccccc21. The van der Waals surface area contributed by atoms with Crippen LogP contribution in [0.5, 0.6) is 0 Å². The van der Waals surface area contributed by atoms with Crippen molar-refractivity contribution in [3.05, 3.63) is 47.0 Å². The molecular weight excluding hydrogens is 290 g/mol. The Labute approximate surface area is 135 Å². The van der Waals surface area contributed by atoms with E-state index in [0.29, 0.717) is 6.54 Å². The molecule has 1 aromatic heterocycles. The number of rotatable bonds is 3. The topological polar surface area (TPSA) is 63.1 Å². The molecule has 2 heterocycles. The van der Waals surface area contributed by atoms with E-state index in [-0.39, 0.29) is 12.1 Å². The summed E-state index contributed by atoms with van der Waals surface area (Å²) in [6.07, 6.45) is 4.11. The number of nitrogens with one attached hydrogen (secondary N) is 1. The zero-order valence-corrected chi connectivity index (χ0v) is 13.3. The Hall–Kier alpha value is -2.37. The summed E-state index contributed by atoms with van der Waals surface area (Å²) in [5, 5.41) is 11.6. The molecule has 1 atom stereocenters. The van der Waals surface area contributed by atoms with Crippen LogP contribution in [-0.4, -0.2) is 32.7 Å². The maximum atomic E-state index is 12.5. The largest absolute Gasteiger partial charge is 0.331 e. The van der Waals surface area contributed by atoms with Crippen molar-refractivity contribution in [2.24, 2.45) is 0 Å². The van der Waals surface area contributed by atoms with Gasteiger partial charge in [0, 0.05) is 20.0 Å². The minimum atomic E-state index is -0.0537. The Morgan fingerprint density at radius 1 is 1.35 bits per heavy atom. The zero-order chi connectivity index (χ0) is 15.8. The molecule has 0 saturated heterocycles. The molecule has 23 heavy (non-hydrogen) atoms. The minimum absolute atomic E-state index is 0.0537. The lowest BCUT2D eigenvalue weighted by atomic mass is 10.1. The van der Waals surface area contributed by atoms with E-state index in [1.54, 1.807) is 4.90 Å². The number of urea groups is 1. The van der Waals surface area contributed by atoms with Gasteiger partial charge in [0.25, 0.3) is 0 Å². The molecule has 1 aliphatic heterocycles. The van der Waals surface area contributed by atoms with E-state index in [1.807, 2.05) is 13.1 Å². The molecule has 6 heteroatoms. The van der Waals surface area contributed by atoms with Crippen LogP contribution in [0.4, 0.5) is 4.79 Å². The van der Waals surface area contributed by atoms with Crippen LogP contribution in [-0.2, 0) is 25.9 Å². The third-order valence-electron chi connectivity index (χ3n) is 4.84. The fourth-order valence-corrected chi connectivity index (χ4v) is 3.58. The molecule has 0 fully saturated rings. The Balaban J connectivity index is 1.41. The van der Waals surface area contributed by atoms with Gasteiger partial charge in [-0.2, -0.15) is 0 Å². The van der Waals surface area contributed by atoms with Gasteiger partial charge in [-0.3, -0.25) is 0 Å². The summed E-state index contributed by atoms with van der Waals surface area (Å²) in [6.45, 7) is 1.45. The van der Waals surface area contributed by atoms with E-state index in [1.165, 1.54) is 11.1 Å². The lowest BCUT2D eigenvalue weighted by molar-refractivity contribution is 0.201. The molecule has 0 bridgehead atoms. The predicted octanol–water partition coefficient (Wildman–Crippen LogP) is 2.05. The normalized spacial score (nSPS) is 18.6. The Morgan fingerprint density at radius 2 is 2.22 bits per heavy atom. The third-order valence-corrected chi connectivity index (χ3v) is 4.84. The Kier molecular flexibility index (Phi) is 3.52. The summed E-state index contributed by atoms with van der Waals surface area (Å²) >= 11 is 0. The molecule has 6 nitrogen and oxygen atoms in total. The highest BCUT2D eigenvalue weighted by Gasteiger charge is 2.25. The highest BCUT2D eigenvalue weighted by Crippen LogP contribution is 2.30. The smallest absolute Gasteiger partial charge is 0.318 e. The van der Waals surface area contributed by atoms with Crippen LogP contribution in [0.1, 0.15) is 41.7 Å². The van der Waals surface area contributed by atoms with E-state index in [9.17, 15) is 4.79 Å². The van der Waals surface area contributed by atoms with Crippen LogP contribution in [0.3, 0.4) is 0 Å². The fourth-order valence-electron chi connectivity index (χ4n) is 3.58. The highest BCUT2D eigenvalue weighted by molar-refractivity contribution is 5.74. The van der Waals surface area contributed by atoms with Crippen LogP contribution >= 0.6 is 0 Å². The molecule has 120 valence electrons. The van der Waals surface area contributed by atoms with Crippen molar-refractivity contribution in [3.63, 3.8) is 0 Å². The molecule has 1 aromatic carbocycles. The standard InChI is InChI=1S/C17H21N5O/c1-21(11-16-20-19-15-7-4-10-22(15)16)17(23)18-14-9-8-12-5-2-3-6-13(12)14/h2-3,5-6,14H,4,7-11H2,1H3,(H,18,23)/t14-/m1/s1. The quantitative estimate of drug-likeness (QED) is 0.943. The predicted molar refractivity (Wildman–Crippen MR) is 85.8 cm³/mol. The second-order valence-corrected chi connectivity index (χ2v) is 6.38. The molecular formula is C17H21N5O. The average molecular weight is 311 g/mol. The van der Waals surface area contributed by atoms with Gasteiger partial charge in [-0.1, -0.05) is 24.3 Å². The number of fused-ring (bicyclic) bond motifs is 2. The summed E-state index contributed by atoms with van der Waals surface area (Å²) in [6, 6.07) is 8.41. The van der Waals surface area contributed by atoms with Crippen molar-refractivity contribution < 1.29 is 4.79 Å². The summed E-state index contributed by atoms with van der Waals surface area (Å²) in [5.74, 6) is 1.92. The number of carbonyl (C=O) groups excluding carboxylic acids is 1.